The summed E-state index contributed by atoms with van der Waals surface area (Å²) in [7, 11) is 0. The molecule has 6 heteroatoms. The summed E-state index contributed by atoms with van der Waals surface area (Å²) in [5, 5.41) is 12.7. The van der Waals surface area contributed by atoms with Crippen LogP contribution in [0.5, 0.6) is 0 Å². The average molecular weight is 435 g/mol. The minimum absolute atomic E-state index is 0.386. The van der Waals surface area contributed by atoms with Gasteiger partial charge in [0.25, 0.3) is 0 Å². The maximum absolute atomic E-state index is 12.3. The van der Waals surface area contributed by atoms with Crippen molar-refractivity contribution in [3.05, 3.63) is 85.4 Å². The predicted octanol–water partition coefficient (Wildman–Crippen LogP) is 5.74. The van der Waals surface area contributed by atoms with Crippen LogP contribution in [0, 0.1) is 11.3 Å². The minimum Gasteiger partial charge on any atom is -0.422 e. The molecule has 0 atom stereocenters. The van der Waals surface area contributed by atoms with E-state index in [4.69, 9.17) is 4.42 Å². The van der Waals surface area contributed by atoms with Gasteiger partial charge in [0.15, 0.2) is 0 Å². The number of hydrogen-bond donors (Lipinski definition) is 0. The largest absolute Gasteiger partial charge is 0.422 e. The fourth-order valence-corrected chi connectivity index (χ4v) is 3.68. The predicted molar refractivity (Wildman–Crippen MR) is 111 cm³/mol. The SMILES string of the molecule is N#CC(=Cc1ccc(Br)cc1)c1nc(-c2cc3ccccc3oc2=O)cs1. The van der Waals surface area contributed by atoms with Gasteiger partial charge in [0.1, 0.15) is 16.7 Å². The van der Waals surface area contributed by atoms with E-state index < -0.39 is 5.63 Å². The molecular weight excluding hydrogens is 424 g/mol. The lowest BCUT2D eigenvalue weighted by atomic mass is 10.1. The first-order valence-corrected chi connectivity index (χ1v) is 9.68. The van der Waals surface area contributed by atoms with Crippen LogP contribution in [0.3, 0.4) is 0 Å². The van der Waals surface area contributed by atoms with Gasteiger partial charge in [0.05, 0.1) is 16.8 Å². The van der Waals surface area contributed by atoms with Crippen molar-refractivity contribution in [2.45, 2.75) is 0 Å². The van der Waals surface area contributed by atoms with E-state index in [1.54, 1.807) is 23.6 Å². The first-order chi connectivity index (χ1) is 13.1. The van der Waals surface area contributed by atoms with Crippen molar-refractivity contribution in [1.29, 1.82) is 5.26 Å². The summed E-state index contributed by atoms with van der Waals surface area (Å²) < 4.78 is 6.35. The summed E-state index contributed by atoms with van der Waals surface area (Å²) >= 11 is 4.71. The lowest BCUT2D eigenvalue weighted by molar-refractivity contribution is 0.563. The van der Waals surface area contributed by atoms with Crippen LogP contribution in [-0.2, 0) is 0 Å². The molecule has 27 heavy (non-hydrogen) atoms. The highest BCUT2D eigenvalue weighted by Gasteiger charge is 2.13. The molecule has 2 aromatic heterocycles. The van der Waals surface area contributed by atoms with Gasteiger partial charge in [-0.3, -0.25) is 0 Å². The van der Waals surface area contributed by atoms with Crippen LogP contribution in [0.1, 0.15) is 10.6 Å². The fourth-order valence-electron chi connectivity index (χ4n) is 2.63. The van der Waals surface area contributed by atoms with E-state index in [0.29, 0.717) is 27.4 Å². The molecule has 2 aromatic carbocycles. The number of hydrogen-bond acceptors (Lipinski definition) is 5. The van der Waals surface area contributed by atoms with E-state index in [0.717, 1.165) is 15.4 Å². The number of thiazole rings is 1. The Bertz CT molecular complexity index is 1260. The molecule has 2 heterocycles. The second kappa shape index (κ2) is 7.31. The van der Waals surface area contributed by atoms with Crippen molar-refractivity contribution in [1.82, 2.24) is 4.98 Å². The lowest BCUT2D eigenvalue weighted by Gasteiger charge is -1.99. The van der Waals surface area contributed by atoms with E-state index in [2.05, 4.69) is 27.0 Å². The van der Waals surface area contributed by atoms with Crippen molar-refractivity contribution in [2.24, 2.45) is 0 Å². The Hall–Kier alpha value is -3.01. The van der Waals surface area contributed by atoms with Crippen LogP contribution in [0.15, 0.2) is 73.7 Å². The Morgan fingerprint density at radius 2 is 1.96 bits per heavy atom. The zero-order valence-electron chi connectivity index (χ0n) is 13.8. The maximum Gasteiger partial charge on any atom is 0.345 e. The molecular formula is C21H11BrN2O2S. The Morgan fingerprint density at radius 3 is 2.74 bits per heavy atom. The fraction of sp³-hybridized carbons (Fsp3) is 0. The number of fused-ring (bicyclic) bond motifs is 1. The summed E-state index contributed by atoms with van der Waals surface area (Å²) in [6.45, 7) is 0. The maximum atomic E-state index is 12.3. The first kappa shape index (κ1) is 17.4. The number of aromatic nitrogens is 1. The topological polar surface area (TPSA) is 66.9 Å². The number of benzene rings is 2. The van der Waals surface area contributed by atoms with Crippen molar-refractivity contribution in [3.8, 4) is 17.3 Å². The molecule has 0 fully saturated rings. The highest BCUT2D eigenvalue weighted by atomic mass is 79.9. The van der Waals surface area contributed by atoms with Crippen LogP contribution in [0.2, 0.25) is 0 Å². The van der Waals surface area contributed by atoms with Crippen LogP contribution in [-0.4, -0.2) is 4.98 Å². The van der Waals surface area contributed by atoms with Gasteiger partial charge in [-0.15, -0.1) is 11.3 Å². The van der Waals surface area contributed by atoms with Gasteiger partial charge in [-0.2, -0.15) is 5.26 Å². The van der Waals surface area contributed by atoms with Crippen LogP contribution >= 0.6 is 27.3 Å². The van der Waals surface area contributed by atoms with Gasteiger partial charge in [0, 0.05) is 15.2 Å². The van der Waals surface area contributed by atoms with Crippen molar-refractivity contribution >= 4 is 49.9 Å². The lowest BCUT2D eigenvalue weighted by Crippen LogP contribution is -2.02. The Kier molecular flexibility index (Phi) is 4.71. The number of nitrogens with zero attached hydrogens (tertiary/aromatic N) is 2. The molecule has 4 nitrogen and oxygen atoms in total. The average Bonchev–Trinajstić information content (AvgIpc) is 3.16. The van der Waals surface area contributed by atoms with Gasteiger partial charge >= 0.3 is 5.63 Å². The molecule has 0 unspecified atom stereocenters. The third-order valence-corrected chi connectivity index (χ3v) is 5.36. The Balaban J connectivity index is 1.75. The second-order valence-corrected chi connectivity index (χ2v) is 7.52. The molecule has 0 aliphatic heterocycles. The molecule has 4 rings (SSSR count). The smallest absolute Gasteiger partial charge is 0.345 e. The number of rotatable bonds is 3. The molecule has 0 spiro atoms. The second-order valence-electron chi connectivity index (χ2n) is 5.74. The van der Waals surface area contributed by atoms with E-state index in [1.165, 1.54) is 11.3 Å². The van der Waals surface area contributed by atoms with E-state index in [-0.39, 0.29) is 0 Å². The zero-order chi connectivity index (χ0) is 18.8. The summed E-state index contributed by atoms with van der Waals surface area (Å²) in [4.78, 5) is 16.8. The van der Waals surface area contributed by atoms with Gasteiger partial charge in [-0.05, 0) is 35.9 Å². The zero-order valence-corrected chi connectivity index (χ0v) is 16.3. The number of nitriles is 1. The number of para-hydroxylation sites is 1. The van der Waals surface area contributed by atoms with Crippen molar-refractivity contribution in [3.63, 3.8) is 0 Å². The molecule has 0 aliphatic carbocycles. The third-order valence-electron chi connectivity index (χ3n) is 3.95. The summed E-state index contributed by atoms with van der Waals surface area (Å²) in [6, 6.07) is 18.9. The molecule has 0 saturated heterocycles. The van der Waals surface area contributed by atoms with Crippen molar-refractivity contribution in [2.75, 3.05) is 0 Å². The van der Waals surface area contributed by atoms with Gasteiger partial charge in [-0.25, -0.2) is 9.78 Å². The molecule has 0 radical (unpaired) electrons. The normalized spacial score (nSPS) is 11.5. The first-order valence-electron chi connectivity index (χ1n) is 8.00. The molecule has 0 aliphatic rings. The van der Waals surface area contributed by atoms with Crippen LogP contribution in [0.25, 0.3) is 33.9 Å². The highest BCUT2D eigenvalue weighted by molar-refractivity contribution is 9.10. The molecule has 0 amide bonds. The van der Waals surface area contributed by atoms with Crippen molar-refractivity contribution < 1.29 is 4.42 Å². The number of allylic oxidation sites excluding steroid dienone is 1. The summed E-state index contributed by atoms with van der Waals surface area (Å²) in [5.74, 6) is 0. The van der Waals surface area contributed by atoms with Crippen LogP contribution < -0.4 is 5.63 Å². The van der Waals surface area contributed by atoms with E-state index >= 15 is 0 Å². The molecule has 0 N–H and O–H groups in total. The molecule has 0 saturated carbocycles. The monoisotopic (exact) mass is 434 g/mol. The summed E-state index contributed by atoms with van der Waals surface area (Å²) in [5.41, 5.74) is 2.33. The minimum atomic E-state index is -0.444. The third kappa shape index (κ3) is 3.61. The molecule has 130 valence electrons. The van der Waals surface area contributed by atoms with Gasteiger partial charge in [0.2, 0.25) is 0 Å². The van der Waals surface area contributed by atoms with E-state index in [9.17, 15) is 10.1 Å². The number of halogens is 1. The quantitative estimate of drug-likeness (QED) is 0.304. The Labute approximate surface area is 167 Å². The van der Waals surface area contributed by atoms with Crippen LogP contribution in [0.4, 0.5) is 0 Å². The molecule has 4 aromatic rings. The standard InChI is InChI=1S/C21H11BrN2O2S/c22-16-7-5-13(6-8-16)9-15(11-23)20-24-18(12-27-20)17-10-14-3-1-2-4-19(14)26-21(17)25/h1-10,12H. The highest BCUT2D eigenvalue weighted by Crippen LogP contribution is 2.27. The molecule has 0 bridgehead atoms. The Morgan fingerprint density at radius 1 is 1.19 bits per heavy atom. The summed E-state index contributed by atoms with van der Waals surface area (Å²) in [6.07, 6.45) is 1.78. The van der Waals surface area contributed by atoms with Gasteiger partial charge < -0.3 is 4.42 Å². The van der Waals surface area contributed by atoms with E-state index in [1.807, 2.05) is 42.5 Å². The van der Waals surface area contributed by atoms with Gasteiger partial charge in [-0.1, -0.05) is 46.3 Å².